The van der Waals surface area contributed by atoms with Crippen molar-refractivity contribution in [1.29, 1.82) is 0 Å². The Morgan fingerprint density at radius 2 is 1.77 bits per heavy atom. The van der Waals surface area contributed by atoms with Gasteiger partial charge in [0, 0.05) is 18.6 Å². The minimum Gasteiger partial charge on any atom is -0.493 e. The van der Waals surface area contributed by atoms with E-state index in [0.717, 1.165) is 28.5 Å². The quantitative estimate of drug-likeness (QED) is 0.165. The molecule has 9 nitrogen and oxygen atoms in total. The summed E-state index contributed by atoms with van der Waals surface area (Å²) >= 11 is 0. The molecule has 0 saturated heterocycles. The average Bonchev–Trinajstić information content (AvgIpc) is 3.83. The SMILES string of the molecule is COCCOCCOc1ccc(-c2[nH]c(=O)n([C@H](C(=O)Nc3ccc(C4CC4)cc3F)[C@@H](C)c3ccccc3)c2O)cc1. The van der Waals surface area contributed by atoms with Crippen LogP contribution in [-0.4, -0.2) is 54.1 Å². The van der Waals surface area contributed by atoms with E-state index in [2.05, 4.69) is 10.3 Å². The molecule has 0 spiro atoms. The lowest BCUT2D eigenvalue weighted by atomic mass is 9.92. The van der Waals surface area contributed by atoms with Gasteiger partial charge in [-0.15, -0.1) is 0 Å². The number of benzene rings is 3. The molecule has 43 heavy (non-hydrogen) atoms. The summed E-state index contributed by atoms with van der Waals surface area (Å²) in [4.78, 5) is 29.8. The van der Waals surface area contributed by atoms with Gasteiger partial charge in [-0.3, -0.25) is 4.79 Å². The van der Waals surface area contributed by atoms with Gasteiger partial charge < -0.3 is 29.6 Å². The van der Waals surface area contributed by atoms with Crippen molar-refractivity contribution in [1.82, 2.24) is 9.55 Å². The van der Waals surface area contributed by atoms with E-state index in [9.17, 15) is 19.1 Å². The van der Waals surface area contributed by atoms with Crippen molar-refractivity contribution in [3.8, 4) is 22.9 Å². The molecule has 5 rings (SSSR count). The van der Waals surface area contributed by atoms with Gasteiger partial charge in [-0.1, -0.05) is 43.3 Å². The van der Waals surface area contributed by atoms with Gasteiger partial charge in [-0.25, -0.2) is 13.8 Å². The maximum atomic E-state index is 15.0. The molecular weight excluding hydrogens is 553 g/mol. The van der Waals surface area contributed by atoms with Crippen molar-refractivity contribution in [2.45, 2.75) is 37.6 Å². The Morgan fingerprint density at radius 3 is 2.44 bits per heavy atom. The highest BCUT2D eigenvalue weighted by Crippen LogP contribution is 2.41. The highest BCUT2D eigenvalue weighted by Gasteiger charge is 2.34. The van der Waals surface area contributed by atoms with Crippen LogP contribution in [0.25, 0.3) is 11.3 Å². The summed E-state index contributed by atoms with van der Waals surface area (Å²) < 4.78 is 32.0. The van der Waals surface area contributed by atoms with E-state index in [1.807, 2.05) is 36.4 Å². The standard InChI is InChI=1S/C33H36FN3O6/c1-21(22-6-4-3-5-7-22)30(31(38)35-28-15-12-25(20-27(28)34)23-8-9-23)37-32(39)29(36-33(37)40)24-10-13-26(14-11-24)43-19-18-42-17-16-41-2/h3-7,10-15,20-21,23,30,39H,8-9,16-19H2,1-2H3,(H,35,38)(H,36,40)/t21-,30-/m0/s1. The number of methoxy groups -OCH3 is 1. The monoisotopic (exact) mass is 589 g/mol. The number of anilines is 1. The van der Waals surface area contributed by atoms with Crippen molar-refractivity contribution < 1.29 is 28.5 Å². The Labute approximate surface area is 249 Å². The van der Waals surface area contributed by atoms with E-state index in [1.54, 1.807) is 44.4 Å². The summed E-state index contributed by atoms with van der Waals surface area (Å²) in [6.45, 7) is 3.52. The zero-order chi connectivity index (χ0) is 30.3. The number of carbonyl (C=O) groups excluding carboxylic acids is 1. The van der Waals surface area contributed by atoms with Crippen LogP contribution in [0.3, 0.4) is 0 Å². The first kappa shape index (κ1) is 30.1. The van der Waals surface area contributed by atoms with Crippen molar-refractivity contribution in [3.05, 3.63) is 100 Å². The molecule has 1 heterocycles. The van der Waals surface area contributed by atoms with E-state index < -0.39 is 35.3 Å². The zero-order valence-corrected chi connectivity index (χ0v) is 24.2. The van der Waals surface area contributed by atoms with Crippen molar-refractivity contribution in [3.63, 3.8) is 0 Å². The highest BCUT2D eigenvalue weighted by atomic mass is 19.1. The number of ether oxygens (including phenoxy) is 3. The van der Waals surface area contributed by atoms with E-state index in [1.165, 1.54) is 6.07 Å². The Balaban J connectivity index is 1.40. The molecule has 3 N–H and O–H groups in total. The average molecular weight is 590 g/mol. The van der Waals surface area contributed by atoms with Crippen LogP contribution >= 0.6 is 0 Å². The van der Waals surface area contributed by atoms with Gasteiger partial charge in [0.2, 0.25) is 11.8 Å². The number of imidazole rings is 1. The number of carbonyl (C=O) groups is 1. The number of amides is 1. The summed E-state index contributed by atoms with van der Waals surface area (Å²) in [6, 6.07) is 19.6. The maximum absolute atomic E-state index is 15.0. The lowest BCUT2D eigenvalue weighted by Crippen LogP contribution is -2.35. The lowest BCUT2D eigenvalue weighted by Gasteiger charge is -2.25. The fourth-order valence-electron chi connectivity index (χ4n) is 5.10. The molecular formula is C33H36FN3O6. The number of hydrogen-bond donors (Lipinski definition) is 3. The maximum Gasteiger partial charge on any atom is 0.329 e. The molecule has 226 valence electrons. The second kappa shape index (κ2) is 13.7. The first-order chi connectivity index (χ1) is 20.9. The Kier molecular flexibility index (Phi) is 9.58. The number of nitrogens with one attached hydrogen (secondary N) is 2. The minimum atomic E-state index is -1.19. The molecule has 1 aliphatic rings. The van der Waals surface area contributed by atoms with Crippen LogP contribution in [0.15, 0.2) is 77.6 Å². The minimum absolute atomic E-state index is 0.0163. The Hall–Kier alpha value is -4.41. The van der Waals surface area contributed by atoms with Gasteiger partial charge in [0.25, 0.3) is 0 Å². The number of aromatic hydroxyl groups is 1. The first-order valence-corrected chi connectivity index (χ1v) is 14.4. The zero-order valence-electron chi connectivity index (χ0n) is 24.2. The summed E-state index contributed by atoms with van der Waals surface area (Å²) in [5, 5.41) is 14.0. The third kappa shape index (κ3) is 7.15. The van der Waals surface area contributed by atoms with Crippen molar-refractivity contribution in [2.24, 2.45) is 0 Å². The van der Waals surface area contributed by atoms with Crippen LogP contribution in [0, 0.1) is 5.82 Å². The Bertz CT molecular complexity index is 1580. The molecule has 1 aliphatic carbocycles. The van der Waals surface area contributed by atoms with Crippen LogP contribution < -0.4 is 15.7 Å². The smallest absolute Gasteiger partial charge is 0.329 e. The number of H-pyrrole nitrogens is 1. The van der Waals surface area contributed by atoms with Gasteiger partial charge in [-0.2, -0.15) is 0 Å². The second-order valence-corrected chi connectivity index (χ2v) is 10.6. The first-order valence-electron chi connectivity index (χ1n) is 14.4. The van der Waals surface area contributed by atoms with Gasteiger partial charge in [0.05, 0.1) is 25.5 Å². The molecule has 1 amide bonds. The van der Waals surface area contributed by atoms with E-state index >= 15 is 0 Å². The van der Waals surface area contributed by atoms with Gasteiger partial charge in [-0.05, 0) is 66.3 Å². The molecule has 10 heteroatoms. The van der Waals surface area contributed by atoms with E-state index in [4.69, 9.17) is 14.2 Å². The molecule has 1 aromatic heterocycles. The number of hydrogen-bond acceptors (Lipinski definition) is 6. The van der Waals surface area contributed by atoms with Gasteiger partial charge in [0.15, 0.2) is 0 Å². The third-order valence-electron chi connectivity index (χ3n) is 7.62. The lowest BCUT2D eigenvalue weighted by molar-refractivity contribution is -0.120. The van der Waals surface area contributed by atoms with Crippen LogP contribution in [0.5, 0.6) is 11.6 Å². The van der Waals surface area contributed by atoms with Crippen LogP contribution in [0.1, 0.15) is 48.8 Å². The molecule has 2 atom stereocenters. The van der Waals surface area contributed by atoms with Crippen LogP contribution in [-0.2, 0) is 14.3 Å². The molecule has 0 aliphatic heterocycles. The number of aromatic nitrogens is 2. The van der Waals surface area contributed by atoms with E-state index in [-0.39, 0.29) is 11.4 Å². The number of halogens is 1. The summed E-state index contributed by atoms with van der Waals surface area (Å²) in [7, 11) is 1.61. The number of aromatic amines is 1. The summed E-state index contributed by atoms with van der Waals surface area (Å²) in [6.07, 6.45) is 2.06. The van der Waals surface area contributed by atoms with Gasteiger partial charge in [0.1, 0.15) is 29.9 Å². The topological polar surface area (TPSA) is 115 Å². The fraction of sp³-hybridized carbons (Fsp3) is 0.333. The molecule has 0 radical (unpaired) electrons. The second-order valence-electron chi connectivity index (χ2n) is 10.6. The molecule has 1 saturated carbocycles. The van der Waals surface area contributed by atoms with E-state index in [0.29, 0.717) is 43.7 Å². The fourth-order valence-corrected chi connectivity index (χ4v) is 5.10. The largest absolute Gasteiger partial charge is 0.493 e. The molecule has 3 aromatic carbocycles. The summed E-state index contributed by atoms with van der Waals surface area (Å²) in [5.74, 6) is -1.18. The Morgan fingerprint density at radius 1 is 1.05 bits per heavy atom. The number of rotatable bonds is 14. The van der Waals surface area contributed by atoms with Crippen molar-refractivity contribution in [2.75, 3.05) is 38.9 Å². The third-order valence-corrected chi connectivity index (χ3v) is 7.62. The number of nitrogens with zero attached hydrogens (tertiary/aromatic N) is 1. The molecule has 0 unspecified atom stereocenters. The van der Waals surface area contributed by atoms with Crippen LogP contribution in [0.2, 0.25) is 0 Å². The predicted molar refractivity (Wildman–Crippen MR) is 161 cm³/mol. The summed E-state index contributed by atoms with van der Waals surface area (Å²) in [5.41, 5.74) is 1.69. The molecule has 4 aromatic rings. The normalized spacial score (nSPS) is 14.3. The highest BCUT2D eigenvalue weighted by molar-refractivity contribution is 5.95. The predicted octanol–water partition coefficient (Wildman–Crippen LogP) is 5.59. The van der Waals surface area contributed by atoms with Crippen molar-refractivity contribution >= 4 is 11.6 Å². The molecule has 1 fully saturated rings. The van der Waals surface area contributed by atoms with Crippen LogP contribution in [0.4, 0.5) is 10.1 Å². The van der Waals surface area contributed by atoms with Gasteiger partial charge >= 0.3 is 5.69 Å². The molecule has 0 bridgehead atoms.